The molecule has 0 radical (unpaired) electrons. The van der Waals surface area contributed by atoms with Crippen LogP contribution in [0, 0.1) is 28.6 Å². The Kier molecular flexibility index (Phi) is 4.20. The number of rotatable bonds is 4. The molecular formula is C25H39NO7. The monoisotopic (exact) mass is 465 g/mol. The van der Waals surface area contributed by atoms with Crippen molar-refractivity contribution in [2.24, 2.45) is 28.6 Å². The van der Waals surface area contributed by atoms with E-state index in [1.54, 1.807) is 21.3 Å². The number of likely N-dealkylation sites (tertiary alicyclic amines) is 1. The average molecular weight is 466 g/mol. The van der Waals surface area contributed by atoms with Gasteiger partial charge in [-0.15, -0.1) is 0 Å². The molecule has 0 unspecified atom stereocenters. The third kappa shape index (κ3) is 1.85. The lowest BCUT2D eigenvalue weighted by Gasteiger charge is -2.72. The molecule has 186 valence electrons. The highest BCUT2D eigenvalue weighted by atomic mass is 16.7. The Balaban J connectivity index is 1.60. The van der Waals surface area contributed by atoms with Crippen LogP contribution in [0.15, 0.2) is 0 Å². The van der Waals surface area contributed by atoms with Crippen molar-refractivity contribution in [1.82, 2.24) is 4.90 Å². The standard InChI is InChI=1S/C25H39NO7/c1-6-26-11-21(2)8-7-15(30-4)24-18(21)19(27)25(20(24)26)23(32-12-33-25)10-14(29-3)13-9-22(24,28)17(23)16(13)31-5/h13-20,27-28H,6-12H2,1-5H3/t13-,14+,15+,16+,17+,18-,19+,20+,21+,22+,23-,24-,25-/m1/s1. The van der Waals surface area contributed by atoms with Gasteiger partial charge in [0.2, 0.25) is 0 Å². The zero-order chi connectivity index (χ0) is 23.2. The average Bonchev–Trinajstić information content (AvgIpc) is 3.35. The number of likely N-dealkylation sites (N-methyl/N-ethyl adjacent to an activating group) is 1. The first-order chi connectivity index (χ1) is 15.8. The van der Waals surface area contributed by atoms with Gasteiger partial charge in [-0.05, 0) is 31.2 Å². The quantitative estimate of drug-likeness (QED) is 0.630. The molecule has 33 heavy (non-hydrogen) atoms. The highest BCUT2D eigenvalue weighted by Gasteiger charge is 2.96. The Morgan fingerprint density at radius 1 is 1.06 bits per heavy atom. The van der Waals surface area contributed by atoms with Gasteiger partial charge in [0.25, 0.3) is 0 Å². The second-order valence-corrected chi connectivity index (χ2v) is 12.3. The summed E-state index contributed by atoms with van der Waals surface area (Å²) in [5.74, 6) is -0.376. The fourth-order valence-corrected chi connectivity index (χ4v) is 11.5. The minimum absolute atomic E-state index is 0.0641. The number of aliphatic hydroxyl groups excluding tert-OH is 1. The van der Waals surface area contributed by atoms with Crippen molar-refractivity contribution >= 4 is 0 Å². The fourth-order valence-electron chi connectivity index (χ4n) is 11.5. The van der Waals surface area contributed by atoms with E-state index in [4.69, 9.17) is 23.7 Å². The summed E-state index contributed by atoms with van der Waals surface area (Å²) in [6.45, 7) is 6.32. The number of ether oxygens (including phenoxy) is 5. The van der Waals surface area contributed by atoms with E-state index >= 15 is 0 Å². The van der Waals surface area contributed by atoms with Gasteiger partial charge in [-0.3, -0.25) is 4.90 Å². The summed E-state index contributed by atoms with van der Waals surface area (Å²) in [6.07, 6.45) is 1.72. The molecule has 5 saturated carbocycles. The molecule has 2 aliphatic heterocycles. The van der Waals surface area contributed by atoms with E-state index in [-0.39, 0.29) is 54.3 Å². The van der Waals surface area contributed by atoms with Gasteiger partial charge in [0.1, 0.15) is 18.0 Å². The number of hydrogen-bond donors (Lipinski definition) is 2. The maximum Gasteiger partial charge on any atom is 0.148 e. The van der Waals surface area contributed by atoms with Gasteiger partial charge in [-0.2, -0.15) is 0 Å². The van der Waals surface area contributed by atoms with Gasteiger partial charge in [-0.25, -0.2) is 0 Å². The summed E-state index contributed by atoms with van der Waals surface area (Å²) >= 11 is 0. The molecule has 7 rings (SSSR count). The SMILES string of the molecule is CCN1C[C@]2(C)CC[C@H](OC)[C@]34[C@@H]2[C@H](O)[C@@]2(OCO[C@@]25C[C@H](OC)[C@H]2C[C@]3(O)[C@@H]5[C@H]2OC)[C@@H]14. The highest BCUT2D eigenvalue weighted by Crippen LogP contribution is 2.83. The topological polar surface area (TPSA) is 89.9 Å². The van der Waals surface area contributed by atoms with Gasteiger partial charge in [0, 0.05) is 52.0 Å². The van der Waals surface area contributed by atoms with Gasteiger partial charge < -0.3 is 33.9 Å². The largest absolute Gasteiger partial charge is 0.390 e. The lowest BCUT2D eigenvalue weighted by atomic mass is 9.41. The Hall–Kier alpha value is -0.320. The van der Waals surface area contributed by atoms with E-state index in [1.165, 1.54) is 0 Å². The number of nitrogens with zero attached hydrogens (tertiary/aromatic N) is 1. The normalized spacial score (nSPS) is 64.8. The summed E-state index contributed by atoms with van der Waals surface area (Å²) in [7, 11) is 5.25. The second-order valence-electron chi connectivity index (χ2n) is 12.3. The molecule has 5 aliphatic carbocycles. The maximum absolute atomic E-state index is 13.2. The van der Waals surface area contributed by atoms with Crippen LogP contribution < -0.4 is 0 Å². The van der Waals surface area contributed by atoms with Crippen LogP contribution in [-0.4, -0.2) is 104 Å². The summed E-state index contributed by atoms with van der Waals surface area (Å²) in [5.41, 5.74) is -3.76. The molecule has 2 heterocycles. The number of hydrogen-bond acceptors (Lipinski definition) is 8. The zero-order valence-corrected chi connectivity index (χ0v) is 20.5. The maximum atomic E-state index is 13.2. The lowest BCUT2D eigenvalue weighted by molar-refractivity contribution is -0.332. The van der Waals surface area contributed by atoms with E-state index in [0.29, 0.717) is 12.8 Å². The molecule has 8 heteroatoms. The minimum Gasteiger partial charge on any atom is -0.390 e. The van der Waals surface area contributed by atoms with E-state index in [1.807, 2.05) is 0 Å². The van der Waals surface area contributed by atoms with E-state index in [2.05, 4.69) is 18.7 Å². The van der Waals surface area contributed by atoms with Crippen molar-refractivity contribution in [2.75, 3.05) is 41.2 Å². The van der Waals surface area contributed by atoms with Crippen molar-refractivity contribution in [3.63, 3.8) is 0 Å². The molecule has 0 amide bonds. The molecule has 7 fully saturated rings. The third-order valence-electron chi connectivity index (χ3n) is 11.9. The summed E-state index contributed by atoms with van der Waals surface area (Å²) < 4.78 is 31.8. The van der Waals surface area contributed by atoms with Gasteiger partial charge in [-0.1, -0.05) is 13.8 Å². The van der Waals surface area contributed by atoms with Crippen LogP contribution in [0.5, 0.6) is 0 Å². The number of fused-ring (bicyclic) bond motifs is 1. The molecule has 0 aromatic heterocycles. The molecule has 2 N–H and O–H groups in total. The highest BCUT2D eigenvalue weighted by molar-refractivity contribution is 5.46. The van der Waals surface area contributed by atoms with Crippen molar-refractivity contribution in [2.45, 2.75) is 86.8 Å². The first kappa shape index (κ1) is 21.9. The molecule has 3 spiro atoms. The number of piperidine rings is 1. The van der Waals surface area contributed by atoms with Crippen LogP contribution in [0.1, 0.15) is 39.5 Å². The Labute approximate surface area is 195 Å². The van der Waals surface area contributed by atoms with Crippen molar-refractivity contribution in [3.05, 3.63) is 0 Å². The molecule has 0 aromatic rings. The van der Waals surface area contributed by atoms with Crippen molar-refractivity contribution in [3.8, 4) is 0 Å². The van der Waals surface area contributed by atoms with Crippen LogP contribution >= 0.6 is 0 Å². The first-order valence-corrected chi connectivity index (χ1v) is 12.8. The smallest absolute Gasteiger partial charge is 0.148 e. The predicted molar refractivity (Wildman–Crippen MR) is 116 cm³/mol. The van der Waals surface area contributed by atoms with Crippen molar-refractivity contribution in [1.29, 1.82) is 0 Å². The molecule has 2 saturated heterocycles. The fraction of sp³-hybridized carbons (Fsp3) is 1.00. The minimum atomic E-state index is -1.12. The Morgan fingerprint density at radius 2 is 1.85 bits per heavy atom. The van der Waals surface area contributed by atoms with Crippen LogP contribution in [-0.2, 0) is 23.7 Å². The van der Waals surface area contributed by atoms with Crippen LogP contribution in [0.4, 0.5) is 0 Å². The first-order valence-electron chi connectivity index (χ1n) is 12.8. The lowest BCUT2D eigenvalue weighted by Crippen LogP contribution is -2.85. The molecule has 7 aliphatic rings. The van der Waals surface area contributed by atoms with E-state index in [9.17, 15) is 10.2 Å². The second kappa shape index (κ2) is 6.32. The number of aliphatic hydroxyl groups is 2. The Morgan fingerprint density at radius 3 is 2.52 bits per heavy atom. The third-order valence-corrected chi connectivity index (χ3v) is 11.9. The Bertz CT molecular complexity index is 874. The van der Waals surface area contributed by atoms with Crippen LogP contribution in [0.3, 0.4) is 0 Å². The van der Waals surface area contributed by atoms with Gasteiger partial charge in [0.05, 0.1) is 41.5 Å². The summed E-state index contributed by atoms with van der Waals surface area (Å²) in [4.78, 5) is 2.48. The van der Waals surface area contributed by atoms with Crippen LogP contribution in [0.25, 0.3) is 0 Å². The van der Waals surface area contributed by atoms with Crippen LogP contribution in [0.2, 0.25) is 0 Å². The van der Waals surface area contributed by atoms with E-state index in [0.717, 1.165) is 25.9 Å². The molecule has 8 nitrogen and oxygen atoms in total. The van der Waals surface area contributed by atoms with Gasteiger partial charge in [0.15, 0.2) is 0 Å². The number of methoxy groups -OCH3 is 3. The predicted octanol–water partition coefficient (Wildman–Crippen LogP) is 0.779. The van der Waals surface area contributed by atoms with Gasteiger partial charge >= 0.3 is 0 Å². The molecule has 7 bridgehead atoms. The molecule has 13 atom stereocenters. The molecule has 0 aromatic carbocycles. The van der Waals surface area contributed by atoms with Crippen molar-refractivity contribution < 1.29 is 33.9 Å². The summed E-state index contributed by atoms with van der Waals surface area (Å²) in [6, 6.07) is -0.191. The summed E-state index contributed by atoms with van der Waals surface area (Å²) in [5, 5.41) is 25.6. The molecular weight excluding hydrogens is 426 g/mol. The zero-order valence-electron chi connectivity index (χ0n) is 20.5. The van der Waals surface area contributed by atoms with E-state index < -0.39 is 28.3 Å².